The van der Waals surface area contributed by atoms with Crippen LogP contribution >= 0.6 is 11.3 Å². The van der Waals surface area contributed by atoms with E-state index in [-0.39, 0.29) is 0 Å². The number of aromatic nitrogens is 1. The van der Waals surface area contributed by atoms with Crippen molar-refractivity contribution >= 4 is 21.6 Å². The van der Waals surface area contributed by atoms with E-state index in [1.165, 1.54) is 15.8 Å². The Morgan fingerprint density at radius 1 is 0.950 bits per heavy atom. The standard InChI is InChI=1S/C17H18N2S/c1-2-13-7-3-4-8-14(13)11-18-12-17-19-15-9-5-6-10-16(15)20-17/h3-10,18H,2,11-12H2,1H3. The third kappa shape index (κ3) is 2.89. The van der Waals surface area contributed by atoms with E-state index in [2.05, 4.69) is 59.7 Å². The Morgan fingerprint density at radius 2 is 1.70 bits per heavy atom. The number of benzene rings is 2. The van der Waals surface area contributed by atoms with Crippen molar-refractivity contribution in [2.24, 2.45) is 0 Å². The van der Waals surface area contributed by atoms with E-state index < -0.39 is 0 Å². The second-order valence-electron chi connectivity index (χ2n) is 4.80. The minimum Gasteiger partial charge on any atom is -0.306 e. The summed E-state index contributed by atoms with van der Waals surface area (Å²) < 4.78 is 1.26. The van der Waals surface area contributed by atoms with Gasteiger partial charge < -0.3 is 5.32 Å². The third-order valence-corrected chi connectivity index (χ3v) is 4.47. The maximum Gasteiger partial charge on any atom is 0.108 e. The molecule has 0 spiro atoms. The average molecular weight is 282 g/mol. The molecule has 1 heterocycles. The zero-order valence-electron chi connectivity index (χ0n) is 11.6. The zero-order chi connectivity index (χ0) is 13.8. The maximum absolute atomic E-state index is 4.64. The van der Waals surface area contributed by atoms with Crippen LogP contribution in [0.25, 0.3) is 10.2 Å². The normalized spacial score (nSPS) is 11.1. The second kappa shape index (κ2) is 6.16. The highest BCUT2D eigenvalue weighted by molar-refractivity contribution is 7.18. The molecule has 0 saturated carbocycles. The van der Waals surface area contributed by atoms with E-state index in [1.54, 1.807) is 11.3 Å². The van der Waals surface area contributed by atoms with Gasteiger partial charge in [0.2, 0.25) is 0 Å². The molecule has 3 rings (SSSR count). The summed E-state index contributed by atoms with van der Waals surface area (Å²) in [4.78, 5) is 4.64. The Bertz CT molecular complexity index is 670. The Balaban J connectivity index is 1.65. The van der Waals surface area contributed by atoms with Crippen molar-refractivity contribution in [3.05, 3.63) is 64.7 Å². The maximum atomic E-state index is 4.64. The highest BCUT2D eigenvalue weighted by Crippen LogP contribution is 2.21. The van der Waals surface area contributed by atoms with Gasteiger partial charge in [0.05, 0.1) is 10.2 Å². The van der Waals surface area contributed by atoms with E-state index in [0.717, 1.165) is 30.0 Å². The van der Waals surface area contributed by atoms with Crippen LogP contribution in [0.3, 0.4) is 0 Å². The molecular weight excluding hydrogens is 264 g/mol. The fourth-order valence-electron chi connectivity index (χ4n) is 2.37. The molecule has 3 aromatic rings. The lowest BCUT2D eigenvalue weighted by atomic mass is 10.1. The number of rotatable bonds is 5. The molecule has 0 aliphatic heterocycles. The number of thiazole rings is 1. The van der Waals surface area contributed by atoms with Gasteiger partial charge in [-0.05, 0) is 29.7 Å². The van der Waals surface area contributed by atoms with Crippen molar-refractivity contribution in [1.82, 2.24) is 10.3 Å². The summed E-state index contributed by atoms with van der Waals surface area (Å²) in [6.45, 7) is 3.93. The first-order chi connectivity index (χ1) is 9.86. The van der Waals surface area contributed by atoms with Gasteiger partial charge in [-0.1, -0.05) is 43.3 Å². The molecule has 0 radical (unpaired) electrons. The summed E-state index contributed by atoms with van der Waals surface area (Å²) in [5, 5.41) is 4.65. The highest BCUT2D eigenvalue weighted by Gasteiger charge is 2.03. The van der Waals surface area contributed by atoms with Gasteiger partial charge in [0.15, 0.2) is 0 Å². The number of hydrogen-bond acceptors (Lipinski definition) is 3. The van der Waals surface area contributed by atoms with E-state index in [9.17, 15) is 0 Å². The van der Waals surface area contributed by atoms with Crippen molar-refractivity contribution in [2.45, 2.75) is 26.4 Å². The second-order valence-corrected chi connectivity index (χ2v) is 5.92. The smallest absolute Gasteiger partial charge is 0.108 e. The van der Waals surface area contributed by atoms with Crippen LogP contribution in [0.4, 0.5) is 0 Å². The molecule has 0 bridgehead atoms. The fraction of sp³-hybridized carbons (Fsp3) is 0.235. The summed E-state index contributed by atoms with van der Waals surface area (Å²) in [5.41, 5.74) is 3.91. The molecule has 0 unspecified atom stereocenters. The molecule has 1 N–H and O–H groups in total. The Morgan fingerprint density at radius 3 is 2.50 bits per heavy atom. The number of para-hydroxylation sites is 1. The average Bonchev–Trinajstić information content (AvgIpc) is 2.90. The van der Waals surface area contributed by atoms with Crippen LogP contribution in [0.1, 0.15) is 23.1 Å². The highest BCUT2D eigenvalue weighted by atomic mass is 32.1. The van der Waals surface area contributed by atoms with Crippen LogP contribution in [0.2, 0.25) is 0 Å². The predicted octanol–water partition coefficient (Wildman–Crippen LogP) is 4.15. The summed E-state index contributed by atoms with van der Waals surface area (Å²) in [6.07, 6.45) is 1.08. The van der Waals surface area contributed by atoms with E-state index in [4.69, 9.17) is 0 Å². The lowest BCUT2D eigenvalue weighted by molar-refractivity contribution is 0.686. The largest absolute Gasteiger partial charge is 0.306 e. The number of hydrogen-bond donors (Lipinski definition) is 1. The summed E-state index contributed by atoms with van der Waals surface area (Å²) >= 11 is 1.77. The Kier molecular flexibility index (Phi) is 4.09. The molecule has 0 atom stereocenters. The monoisotopic (exact) mass is 282 g/mol. The fourth-order valence-corrected chi connectivity index (χ4v) is 3.31. The third-order valence-electron chi connectivity index (χ3n) is 3.43. The van der Waals surface area contributed by atoms with Crippen molar-refractivity contribution in [3.63, 3.8) is 0 Å². The minimum absolute atomic E-state index is 0.831. The number of fused-ring (bicyclic) bond motifs is 1. The molecule has 20 heavy (non-hydrogen) atoms. The van der Waals surface area contributed by atoms with E-state index >= 15 is 0 Å². The quantitative estimate of drug-likeness (QED) is 0.760. The van der Waals surface area contributed by atoms with Gasteiger partial charge in [-0.2, -0.15) is 0 Å². The van der Waals surface area contributed by atoms with E-state index in [1.807, 2.05) is 6.07 Å². The van der Waals surface area contributed by atoms with Crippen LogP contribution in [0, 0.1) is 0 Å². The predicted molar refractivity (Wildman–Crippen MR) is 86.0 cm³/mol. The summed E-state index contributed by atoms with van der Waals surface area (Å²) in [6, 6.07) is 16.9. The first-order valence-electron chi connectivity index (χ1n) is 6.99. The van der Waals surface area contributed by atoms with Crippen LogP contribution in [-0.2, 0) is 19.5 Å². The Hall–Kier alpha value is -1.71. The van der Waals surface area contributed by atoms with Gasteiger partial charge >= 0.3 is 0 Å². The molecule has 0 aliphatic carbocycles. The molecule has 0 saturated heterocycles. The van der Waals surface area contributed by atoms with Crippen LogP contribution < -0.4 is 5.32 Å². The van der Waals surface area contributed by atoms with Crippen LogP contribution in [-0.4, -0.2) is 4.98 Å². The summed E-state index contributed by atoms with van der Waals surface area (Å²) in [7, 11) is 0. The number of aryl methyl sites for hydroxylation is 1. The van der Waals surface area contributed by atoms with Gasteiger partial charge in [-0.15, -0.1) is 11.3 Å². The van der Waals surface area contributed by atoms with Crippen molar-refractivity contribution in [2.75, 3.05) is 0 Å². The molecule has 3 heteroatoms. The lowest BCUT2D eigenvalue weighted by Crippen LogP contribution is -2.13. The topological polar surface area (TPSA) is 24.9 Å². The molecule has 2 aromatic carbocycles. The van der Waals surface area contributed by atoms with Gasteiger partial charge in [0.1, 0.15) is 5.01 Å². The molecule has 0 amide bonds. The number of nitrogens with zero attached hydrogens (tertiary/aromatic N) is 1. The first-order valence-corrected chi connectivity index (χ1v) is 7.80. The molecular formula is C17H18N2S. The molecule has 0 aliphatic rings. The molecule has 2 nitrogen and oxygen atoms in total. The van der Waals surface area contributed by atoms with Gasteiger partial charge in [-0.3, -0.25) is 0 Å². The lowest BCUT2D eigenvalue weighted by Gasteiger charge is -2.07. The molecule has 0 fully saturated rings. The first kappa shape index (κ1) is 13.3. The number of nitrogens with one attached hydrogen (secondary N) is 1. The molecule has 1 aromatic heterocycles. The van der Waals surface area contributed by atoms with E-state index in [0.29, 0.717) is 0 Å². The van der Waals surface area contributed by atoms with Crippen LogP contribution in [0.15, 0.2) is 48.5 Å². The van der Waals surface area contributed by atoms with Crippen LogP contribution in [0.5, 0.6) is 0 Å². The zero-order valence-corrected chi connectivity index (χ0v) is 12.4. The van der Waals surface area contributed by atoms with Gasteiger partial charge in [0, 0.05) is 13.1 Å². The minimum atomic E-state index is 0.831. The molecule has 102 valence electrons. The van der Waals surface area contributed by atoms with Crippen molar-refractivity contribution in [1.29, 1.82) is 0 Å². The summed E-state index contributed by atoms with van der Waals surface area (Å²) in [5.74, 6) is 0. The SMILES string of the molecule is CCc1ccccc1CNCc1nc2ccccc2s1. The van der Waals surface area contributed by atoms with Crippen molar-refractivity contribution < 1.29 is 0 Å². The van der Waals surface area contributed by atoms with Gasteiger partial charge in [-0.25, -0.2) is 4.98 Å². The van der Waals surface area contributed by atoms with Crippen molar-refractivity contribution in [3.8, 4) is 0 Å². The van der Waals surface area contributed by atoms with Gasteiger partial charge in [0.25, 0.3) is 0 Å². The Labute approximate surface area is 123 Å².